The van der Waals surface area contributed by atoms with Crippen molar-refractivity contribution in [3.8, 4) is 0 Å². The molecule has 1 aromatic rings. The van der Waals surface area contributed by atoms with E-state index in [0.29, 0.717) is 30.0 Å². The largest absolute Gasteiger partial charge is 0.480 e. The summed E-state index contributed by atoms with van der Waals surface area (Å²) in [7, 11) is 0. The first-order valence-corrected chi connectivity index (χ1v) is 14.3. The standard InChI is InChI=1S/C22H38N6O5S2/c1-5-13(2)18(21(31)26-16(22(32)33)7-9-35-4)28-20(30)17(10-14-11-24-12-25-14)27-19(29)15(23)6-8-34-3/h11-13,15-18H,5-10,23H2,1-4H3,(H,24,25)(H,26,31)(H,27,29)(H,28,30)(H,32,33). The van der Waals surface area contributed by atoms with Crippen LogP contribution in [0.4, 0.5) is 0 Å². The number of hydrogen-bond acceptors (Lipinski definition) is 8. The van der Waals surface area contributed by atoms with Crippen molar-refractivity contribution in [3.05, 3.63) is 18.2 Å². The molecule has 0 spiro atoms. The number of H-pyrrole nitrogens is 1. The van der Waals surface area contributed by atoms with Crippen molar-refractivity contribution in [2.24, 2.45) is 11.7 Å². The Balaban J connectivity index is 3.03. The molecule has 35 heavy (non-hydrogen) atoms. The third-order valence-electron chi connectivity index (χ3n) is 5.60. The van der Waals surface area contributed by atoms with Gasteiger partial charge in [0.2, 0.25) is 17.7 Å². The van der Waals surface area contributed by atoms with E-state index in [2.05, 4.69) is 25.9 Å². The second-order valence-corrected chi connectivity index (χ2v) is 10.3. The van der Waals surface area contributed by atoms with E-state index in [9.17, 15) is 24.3 Å². The number of carbonyl (C=O) groups excluding carboxylic acids is 3. The Hall–Kier alpha value is -2.25. The molecule has 0 aliphatic rings. The lowest BCUT2D eigenvalue weighted by Crippen LogP contribution is -2.59. The highest BCUT2D eigenvalue weighted by molar-refractivity contribution is 7.98. The van der Waals surface area contributed by atoms with E-state index in [1.165, 1.54) is 18.1 Å². The summed E-state index contributed by atoms with van der Waals surface area (Å²) in [6.07, 6.45) is 8.17. The summed E-state index contributed by atoms with van der Waals surface area (Å²) >= 11 is 3.04. The van der Waals surface area contributed by atoms with E-state index in [1.54, 1.807) is 24.9 Å². The van der Waals surface area contributed by atoms with Gasteiger partial charge < -0.3 is 31.8 Å². The van der Waals surface area contributed by atoms with Crippen LogP contribution in [0, 0.1) is 5.92 Å². The van der Waals surface area contributed by atoms with Crippen LogP contribution in [-0.4, -0.2) is 86.9 Å². The van der Waals surface area contributed by atoms with E-state index in [4.69, 9.17) is 5.73 Å². The van der Waals surface area contributed by atoms with Crippen LogP contribution in [0.15, 0.2) is 12.5 Å². The molecule has 7 N–H and O–H groups in total. The average molecular weight is 531 g/mol. The van der Waals surface area contributed by atoms with Crippen LogP contribution in [-0.2, 0) is 25.6 Å². The summed E-state index contributed by atoms with van der Waals surface area (Å²) < 4.78 is 0. The molecule has 0 saturated heterocycles. The van der Waals surface area contributed by atoms with Gasteiger partial charge in [-0.15, -0.1) is 0 Å². The van der Waals surface area contributed by atoms with Crippen LogP contribution >= 0.6 is 23.5 Å². The molecule has 13 heteroatoms. The monoisotopic (exact) mass is 530 g/mol. The molecular formula is C22H38N6O5S2. The van der Waals surface area contributed by atoms with Crippen molar-refractivity contribution in [2.75, 3.05) is 24.0 Å². The second-order valence-electron chi connectivity index (χ2n) is 8.28. The number of imidazole rings is 1. The molecule has 3 amide bonds. The molecule has 198 valence electrons. The summed E-state index contributed by atoms with van der Waals surface area (Å²) in [6, 6.07) is -3.82. The van der Waals surface area contributed by atoms with Gasteiger partial charge in [-0.1, -0.05) is 20.3 Å². The number of carboxylic acid groups (broad SMARTS) is 1. The first kappa shape index (κ1) is 30.8. The van der Waals surface area contributed by atoms with Crippen molar-refractivity contribution >= 4 is 47.2 Å². The van der Waals surface area contributed by atoms with Crippen LogP contribution in [0.2, 0.25) is 0 Å². The zero-order chi connectivity index (χ0) is 26.4. The number of carbonyl (C=O) groups is 4. The lowest BCUT2D eigenvalue weighted by Gasteiger charge is -2.28. The predicted octanol–water partition coefficient (Wildman–Crippen LogP) is 0.371. The maximum absolute atomic E-state index is 13.3. The molecule has 1 heterocycles. The fourth-order valence-corrected chi connectivity index (χ4v) is 4.15. The van der Waals surface area contributed by atoms with E-state index in [0.717, 1.165) is 0 Å². The fraction of sp³-hybridized carbons (Fsp3) is 0.682. The zero-order valence-corrected chi connectivity index (χ0v) is 22.3. The van der Waals surface area contributed by atoms with E-state index < -0.39 is 47.9 Å². The van der Waals surface area contributed by atoms with Crippen molar-refractivity contribution in [3.63, 3.8) is 0 Å². The van der Waals surface area contributed by atoms with Crippen LogP contribution < -0.4 is 21.7 Å². The van der Waals surface area contributed by atoms with Gasteiger partial charge in [0, 0.05) is 18.3 Å². The third-order valence-corrected chi connectivity index (χ3v) is 6.89. The quantitative estimate of drug-likeness (QED) is 0.166. The molecule has 0 fully saturated rings. The number of amides is 3. The number of thioether (sulfide) groups is 2. The Morgan fingerprint density at radius 3 is 2.20 bits per heavy atom. The Bertz CT molecular complexity index is 810. The topological polar surface area (TPSA) is 179 Å². The highest BCUT2D eigenvalue weighted by Gasteiger charge is 2.32. The molecule has 11 nitrogen and oxygen atoms in total. The maximum atomic E-state index is 13.3. The van der Waals surface area contributed by atoms with Gasteiger partial charge in [0.15, 0.2) is 0 Å². The minimum atomic E-state index is -1.13. The predicted molar refractivity (Wildman–Crippen MR) is 139 cm³/mol. The number of aliphatic carboxylic acids is 1. The molecule has 1 rings (SSSR count). The Kier molecular flexibility index (Phi) is 14.4. The van der Waals surface area contributed by atoms with Crippen LogP contribution in [0.5, 0.6) is 0 Å². The van der Waals surface area contributed by atoms with Gasteiger partial charge in [-0.3, -0.25) is 14.4 Å². The van der Waals surface area contributed by atoms with Crippen molar-refractivity contribution in [1.82, 2.24) is 25.9 Å². The smallest absolute Gasteiger partial charge is 0.326 e. The average Bonchev–Trinajstić information content (AvgIpc) is 3.35. The van der Waals surface area contributed by atoms with E-state index >= 15 is 0 Å². The molecule has 0 aliphatic heterocycles. The van der Waals surface area contributed by atoms with Gasteiger partial charge in [0.1, 0.15) is 18.1 Å². The highest BCUT2D eigenvalue weighted by Crippen LogP contribution is 2.11. The highest BCUT2D eigenvalue weighted by atomic mass is 32.2. The molecule has 0 bridgehead atoms. The van der Waals surface area contributed by atoms with Gasteiger partial charge >= 0.3 is 5.97 Å². The van der Waals surface area contributed by atoms with Crippen LogP contribution in [0.25, 0.3) is 0 Å². The summed E-state index contributed by atoms with van der Waals surface area (Å²) in [5.41, 5.74) is 6.59. The number of rotatable bonds is 17. The first-order chi connectivity index (χ1) is 16.6. The number of nitrogens with two attached hydrogens (primary N) is 1. The molecule has 5 unspecified atom stereocenters. The Labute approximate surface area is 214 Å². The summed E-state index contributed by atoms with van der Waals surface area (Å²) in [6.45, 7) is 3.66. The van der Waals surface area contributed by atoms with Gasteiger partial charge in [-0.05, 0) is 42.8 Å². The SMILES string of the molecule is CCC(C)C(NC(=O)C(Cc1cnc[nH]1)NC(=O)C(N)CCSC)C(=O)NC(CCSC)C(=O)O. The maximum Gasteiger partial charge on any atom is 0.326 e. The lowest BCUT2D eigenvalue weighted by atomic mass is 9.97. The van der Waals surface area contributed by atoms with Gasteiger partial charge in [-0.25, -0.2) is 9.78 Å². The molecule has 0 aliphatic carbocycles. The lowest BCUT2D eigenvalue weighted by molar-refractivity contribution is -0.142. The molecular weight excluding hydrogens is 492 g/mol. The number of hydrogen-bond donors (Lipinski definition) is 6. The van der Waals surface area contributed by atoms with E-state index in [-0.39, 0.29) is 18.8 Å². The normalized spacial score (nSPS) is 15.3. The van der Waals surface area contributed by atoms with Gasteiger partial charge in [0.25, 0.3) is 0 Å². The summed E-state index contributed by atoms with van der Waals surface area (Å²) in [5.74, 6) is -1.76. The van der Waals surface area contributed by atoms with Crippen molar-refractivity contribution in [1.29, 1.82) is 0 Å². The molecule has 0 saturated carbocycles. The first-order valence-electron chi connectivity index (χ1n) is 11.5. The number of nitrogens with zero attached hydrogens (tertiary/aromatic N) is 1. The molecule has 0 radical (unpaired) electrons. The summed E-state index contributed by atoms with van der Waals surface area (Å²) in [5, 5.41) is 17.4. The minimum Gasteiger partial charge on any atom is -0.480 e. The number of aromatic amines is 1. The van der Waals surface area contributed by atoms with Crippen molar-refractivity contribution < 1.29 is 24.3 Å². The fourth-order valence-electron chi connectivity index (χ4n) is 3.19. The number of nitrogens with one attached hydrogen (secondary N) is 4. The molecule has 0 aromatic carbocycles. The molecule has 5 atom stereocenters. The van der Waals surface area contributed by atoms with Crippen LogP contribution in [0.3, 0.4) is 0 Å². The summed E-state index contributed by atoms with van der Waals surface area (Å²) in [4.78, 5) is 57.4. The third kappa shape index (κ3) is 10.9. The Morgan fingerprint density at radius 2 is 1.66 bits per heavy atom. The van der Waals surface area contributed by atoms with Gasteiger partial charge in [-0.2, -0.15) is 23.5 Å². The number of aromatic nitrogens is 2. The number of carboxylic acids is 1. The van der Waals surface area contributed by atoms with Gasteiger partial charge in [0.05, 0.1) is 12.4 Å². The van der Waals surface area contributed by atoms with E-state index in [1.807, 2.05) is 19.4 Å². The van der Waals surface area contributed by atoms with Crippen molar-refractivity contribution in [2.45, 2.75) is 63.7 Å². The second kappa shape index (κ2) is 16.4. The minimum absolute atomic E-state index is 0.118. The molecule has 1 aromatic heterocycles. The zero-order valence-electron chi connectivity index (χ0n) is 20.7. The van der Waals surface area contributed by atoms with Crippen LogP contribution in [0.1, 0.15) is 38.8 Å². The Morgan fingerprint density at radius 1 is 1.03 bits per heavy atom.